The van der Waals surface area contributed by atoms with Crippen LogP contribution in [0.2, 0.25) is 0 Å². The summed E-state index contributed by atoms with van der Waals surface area (Å²) in [6.07, 6.45) is 0. The van der Waals surface area contributed by atoms with Gasteiger partial charge < -0.3 is 15.4 Å². The second-order valence-corrected chi connectivity index (χ2v) is 6.99. The number of carbonyl (C=O) groups excluding carboxylic acids is 3. The number of benzene rings is 2. The van der Waals surface area contributed by atoms with Crippen molar-refractivity contribution >= 4 is 23.3 Å². The van der Waals surface area contributed by atoms with Gasteiger partial charge in [-0.05, 0) is 43.7 Å². The zero-order chi connectivity index (χ0) is 22.4. The molecule has 0 fully saturated rings. The van der Waals surface area contributed by atoms with Gasteiger partial charge in [0, 0.05) is 19.3 Å². The van der Waals surface area contributed by atoms with Crippen molar-refractivity contribution in [3.8, 4) is 5.69 Å². The SMILES string of the molecule is COCC(=O)Nc1cccc(CNC(=O)C(=O)c2c(C)nn(-c3ccccc3)c2C)c1. The van der Waals surface area contributed by atoms with Gasteiger partial charge in [0.15, 0.2) is 0 Å². The van der Waals surface area contributed by atoms with Gasteiger partial charge in [0.1, 0.15) is 6.61 Å². The minimum absolute atomic E-state index is 0.0508. The Morgan fingerprint density at radius 3 is 2.48 bits per heavy atom. The number of para-hydroxylation sites is 1. The average Bonchev–Trinajstić information content (AvgIpc) is 3.06. The smallest absolute Gasteiger partial charge is 0.292 e. The molecule has 0 saturated carbocycles. The van der Waals surface area contributed by atoms with Crippen LogP contribution in [0.15, 0.2) is 54.6 Å². The van der Waals surface area contributed by atoms with Gasteiger partial charge in [0.25, 0.3) is 11.7 Å². The van der Waals surface area contributed by atoms with Gasteiger partial charge in [-0.1, -0.05) is 30.3 Å². The van der Waals surface area contributed by atoms with E-state index in [-0.39, 0.29) is 19.1 Å². The summed E-state index contributed by atoms with van der Waals surface area (Å²) in [5.74, 6) is -1.63. The molecule has 0 aliphatic rings. The second kappa shape index (κ2) is 9.82. The summed E-state index contributed by atoms with van der Waals surface area (Å²) in [6, 6.07) is 16.4. The molecule has 2 aromatic carbocycles. The minimum Gasteiger partial charge on any atom is -0.375 e. The van der Waals surface area contributed by atoms with Gasteiger partial charge in [-0.25, -0.2) is 4.68 Å². The van der Waals surface area contributed by atoms with E-state index in [1.807, 2.05) is 30.3 Å². The molecule has 2 amide bonds. The largest absolute Gasteiger partial charge is 0.375 e. The number of nitrogens with one attached hydrogen (secondary N) is 2. The summed E-state index contributed by atoms with van der Waals surface area (Å²) in [4.78, 5) is 37.0. The molecular weight excluding hydrogens is 396 g/mol. The number of ketones is 1. The number of methoxy groups -OCH3 is 1. The number of amides is 2. The van der Waals surface area contributed by atoms with Crippen molar-refractivity contribution in [1.29, 1.82) is 0 Å². The molecule has 8 nitrogen and oxygen atoms in total. The monoisotopic (exact) mass is 420 g/mol. The van der Waals surface area contributed by atoms with E-state index in [1.54, 1.807) is 42.8 Å². The lowest BCUT2D eigenvalue weighted by molar-refractivity contribution is -0.119. The van der Waals surface area contributed by atoms with Crippen LogP contribution in [-0.4, -0.2) is 41.1 Å². The molecule has 3 rings (SSSR count). The number of aryl methyl sites for hydroxylation is 1. The Kier molecular flexibility index (Phi) is 6.94. The molecule has 1 aromatic heterocycles. The number of anilines is 1. The highest BCUT2D eigenvalue weighted by molar-refractivity contribution is 6.43. The highest BCUT2D eigenvalue weighted by atomic mass is 16.5. The Balaban J connectivity index is 1.69. The number of Topliss-reactive ketones (excluding diaryl/α,β-unsaturated/α-hetero) is 1. The van der Waals surface area contributed by atoms with Crippen molar-refractivity contribution in [3.63, 3.8) is 0 Å². The summed E-state index contributed by atoms with van der Waals surface area (Å²) >= 11 is 0. The molecule has 1 heterocycles. The minimum atomic E-state index is -0.715. The van der Waals surface area contributed by atoms with Gasteiger partial charge in [-0.3, -0.25) is 14.4 Å². The quantitative estimate of drug-likeness (QED) is 0.431. The fourth-order valence-electron chi connectivity index (χ4n) is 3.26. The van der Waals surface area contributed by atoms with E-state index in [1.165, 1.54) is 7.11 Å². The summed E-state index contributed by atoms with van der Waals surface area (Å²) in [7, 11) is 1.44. The molecule has 2 N–H and O–H groups in total. The molecule has 0 atom stereocenters. The van der Waals surface area contributed by atoms with Crippen LogP contribution in [0.4, 0.5) is 5.69 Å². The van der Waals surface area contributed by atoms with E-state index >= 15 is 0 Å². The van der Waals surface area contributed by atoms with Crippen molar-refractivity contribution in [2.45, 2.75) is 20.4 Å². The molecule has 0 aliphatic carbocycles. The number of hydrogen-bond donors (Lipinski definition) is 2. The highest BCUT2D eigenvalue weighted by Crippen LogP contribution is 2.18. The Hall–Kier alpha value is -3.78. The molecule has 0 saturated heterocycles. The lowest BCUT2D eigenvalue weighted by Crippen LogP contribution is -2.31. The molecule has 8 heteroatoms. The lowest BCUT2D eigenvalue weighted by Gasteiger charge is -2.09. The number of ether oxygens (including phenoxy) is 1. The molecule has 0 aliphatic heterocycles. The third-order valence-electron chi connectivity index (χ3n) is 4.66. The van der Waals surface area contributed by atoms with Crippen LogP contribution in [0.1, 0.15) is 27.3 Å². The van der Waals surface area contributed by atoms with Crippen LogP contribution in [0.3, 0.4) is 0 Å². The summed E-state index contributed by atoms with van der Waals surface area (Å²) in [6.45, 7) is 3.56. The summed E-state index contributed by atoms with van der Waals surface area (Å²) in [5, 5.41) is 9.76. The standard InChI is InChI=1S/C23H24N4O4/c1-15-21(16(2)27(26-15)19-10-5-4-6-11-19)22(29)23(30)24-13-17-8-7-9-18(12-17)25-20(28)14-31-3/h4-12H,13-14H2,1-3H3,(H,24,30)(H,25,28). The van der Waals surface area contributed by atoms with Crippen molar-refractivity contribution in [2.24, 2.45) is 0 Å². The van der Waals surface area contributed by atoms with Gasteiger partial charge in [0.2, 0.25) is 5.91 Å². The maximum Gasteiger partial charge on any atom is 0.292 e. The van der Waals surface area contributed by atoms with E-state index in [0.717, 1.165) is 11.3 Å². The fourth-order valence-corrected chi connectivity index (χ4v) is 3.26. The molecular formula is C23H24N4O4. The highest BCUT2D eigenvalue weighted by Gasteiger charge is 2.24. The van der Waals surface area contributed by atoms with Crippen molar-refractivity contribution < 1.29 is 19.1 Å². The van der Waals surface area contributed by atoms with E-state index in [9.17, 15) is 14.4 Å². The maximum absolute atomic E-state index is 12.8. The molecule has 0 radical (unpaired) electrons. The Bertz CT molecular complexity index is 1110. The molecule has 31 heavy (non-hydrogen) atoms. The van der Waals surface area contributed by atoms with Gasteiger partial charge in [0.05, 0.1) is 22.6 Å². The molecule has 160 valence electrons. The number of hydrogen-bond acceptors (Lipinski definition) is 5. The number of nitrogens with zero attached hydrogens (tertiary/aromatic N) is 2. The summed E-state index contributed by atoms with van der Waals surface area (Å²) < 4.78 is 6.44. The lowest BCUT2D eigenvalue weighted by atomic mass is 10.1. The molecule has 0 spiro atoms. The second-order valence-electron chi connectivity index (χ2n) is 6.99. The van der Waals surface area contributed by atoms with E-state index < -0.39 is 11.7 Å². The van der Waals surface area contributed by atoms with Gasteiger partial charge in [-0.15, -0.1) is 0 Å². The molecule has 0 unspecified atom stereocenters. The Labute approximate surface area is 180 Å². The summed E-state index contributed by atoms with van der Waals surface area (Å²) in [5.41, 5.74) is 3.52. The number of rotatable bonds is 8. The predicted octanol–water partition coefficient (Wildman–Crippen LogP) is 2.57. The maximum atomic E-state index is 12.8. The van der Waals surface area contributed by atoms with E-state index in [0.29, 0.717) is 22.6 Å². The first-order valence-corrected chi connectivity index (χ1v) is 9.72. The van der Waals surface area contributed by atoms with Gasteiger partial charge in [-0.2, -0.15) is 5.10 Å². The topological polar surface area (TPSA) is 102 Å². The van der Waals surface area contributed by atoms with E-state index in [4.69, 9.17) is 4.74 Å². The fraction of sp³-hybridized carbons (Fsp3) is 0.217. The number of aromatic nitrogens is 2. The first-order chi connectivity index (χ1) is 14.9. The van der Waals surface area contributed by atoms with Crippen LogP contribution < -0.4 is 10.6 Å². The normalized spacial score (nSPS) is 10.5. The van der Waals surface area contributed by atoms with Crippen LogP contribution in [0, 0.1) is 13.8 Å². The Morgan fingerprint density at radius 2 is 1.77 bits per heavy atom. The molecule has 3 aromatic rings. The van der Waals surface area contributed by atoms with Crippen molar-refractivity contribution in [3.05, 3.63) is 77.1 Å². The average molecular weight is 420 g/mol. The molecule has 0 bridgehead atoms. The first kappa shape index (κ1) is 21.9. The third-order valence-corrected chi connectivity index (χ3v) is 4.66. The van der Waals surface area contributed by atoms with Crippen LogP contribution in [-0.2, 0) is 20.9 Å². The van der Waals surface area contributed by atoms with Gasteiger partial charge >= 0.3 is 0 Å². The van der Waals surface area contributed by atoms with Crippen LogP contribution >= 0.6 is 0 Å². The van der Waals surface area contributed by atoms with Crippen molar-refractivity contribution in [1.82, 2.24) is 15.1 Å². The first-order valence-electron chi connectivity index (χ1n) is 9.72. The van der Waals surface area contributed by atoms with E-state index in [2.05, 4.69) is 15.7 Å². The van der Waals surface area contributed by atoms with Crippen LogP contribution in [0.5, 0.6) is 0 Å². The predicted molar refractivity (Wildman–Crippen MR) is 116 cm³/mol. The number of carbonyl (C=O) groups is 3. The third kappa shape index (κ3) is 5.23. The van der Waals surface area contributed by atoms with Crippen molar-refractivity contribution in [2.75, 3.05) is 19.0 Å². The zero-order valence-electron chi connectivity index (χ0n) is 17.6. The zero-order valence-corrected chi connectivity index (χ0v) is 17.6. The Morgan fingerprint density at radius 1 is 1.03 bits per heavy atom. The van der Waals surface area contributed by atoms with Crippen LogP contribution in [0.25, 0.3) is 5.69 Å².